The van der Waals surface area contributed by atoms with E-state index in [1.54, 1.807) is 0 Å². The first kappa shape index (κ1) is 9.94. The molecule has 0 rings (SSSR count). The normalized spacial score (nSPS) is 15.4. The maximum atomic E-state index is 12.5. The van der Waals surface area contributed by atoms with Gasteiger partial charge in [0.05, 0.1) is 5.57 Å². The van der Waals surface area contributed by atoms with E-state index >= 15 is 0 Å². The van der Waals surface area contributed by atoms with Gasteiger partial charge in [-0.2, -0.15) is 0 Å². The van der Waals surface area contributed by atoms with Gasteiger partial charge in [0.25, 0.3) is 0 Å². The lowest BCUT2D eigenvalue weighted by Crippen LogP contribution is -1.89. The van der Waals surface area contributed by atoms with Crippen LogP contribution in [-0.2, 0) is 0 Å². The molecule has 4 heteroatoms. The second-order valence-corrected chi connectivity index (χ2v) is 1.94. The third-order valence-corrected chi connectivity index (χ3v) is 1.05. The van der Waals surface area contributed by atoms with Gasteiger partial charge in [0.2, 0.25) is 0 Å². The molecule has 0 saturated heterocycles. The second kappa shape index (κ2) is 3.95. The van der Waals surface area contributed by atoms with Gasteiger partial charge >= 0.3 is 0 Å². The molecule has 0 aromatic rings. The highest BCUT2D eigenvalue weighted by Gasteiger charge is 2.09. The third kappa shape index (κ3) is 2.57. The molecule has 0 aliphatic rings. The lowest BCUT2D eigenvalue weighted by atomic mass is 10.2. The zero-order valence-electron chi connectivity index (χ0n) is 6.21. The van der Waals surface area contributed by atoms with Crippen molar-refractivity contribution in [1.82, 2.24) is 0 Å². The molecule has 1 nitrogen and oxygen atoms in total. The van der Waals surface area contributed by atoms with Crippen LogP contribution in [0.15, 0.2) is 23.1 Å². The highest BCUT2D eigenvalue weighted by molar-refractivity contribution is 5.81. The summed E-state index contributed by atoms with van der Waals surface area (Å²) in [5, 5.41) is 6.55. The Kier molecular flexibility index (Phi) is 3.57. The van der Waals surface area contributed by atoms with Gasteiger partial charge in [-0.25, -0.2) is 13.2 Å². The van der Waals surface area contributed by atoms with E-state index in [-0.39, 0.29) is 0 Å². The van der Waals surface area contributed by atoms with Crippen LogP contribution in [0.25, 0.3) is 0 Å². The monoisotopic (exact) mass is 163 g/mol. The molecule has 0 aliphatic heterocycles. The molecule has 62 valence electrons. The molecule has 0 fully saturated rings. The van der Waals surface area contributed by atoms with Crippen molar-refractivity contribution in [3.05, 3.63) is 23.1 Å². The summed E-state index contributed by atoms with van der Waals surface area (Å²) in [6.45, 7) is 1.82. The van der Waals surface area contributed by atoms with Gasteiger partial charge in [-0.05, 0) is 13.8 Å². The molecule has 0 aromatic carbocycles. The highest BCUT2D eigenvalue weighted by atomic mass is 19.2. The van der Waals surface area contributed by atoms with E-state index in [9.17, 15) is 13.2 Å². The van der Waals surface area contributed by atoms with Crippen molar-refractivity contribution in [2.45, 2.75) is 13.8 Å². The van der Waals surface area contributed by atoms with E-state index in [2.05, 4.69) is 0 Å². The fraction of sp³-hybridized carbons (Fsp3) is 0.286. The number of hydrogen-bond acceptors (Lipinski definition) is 1. The third-order valence-electron chi connectivity index (χ3n) is 1.05. The molecule has 0 radical (unpaired) electrons. The first-order chi connectivity index (χ1) is 5.00. The Morgan fingerprint density at radius 1 is 1.09 bits per heavy atom. The Morgan fingerprint density at radius 3 is 1.64 bits per heavy atom. The predicted octanol–water partition coefficient (Wildman–Crippen LogP) is 3.05. The van der Waals surface area contributed by atoms with Gasteiger partial charge in [0.1, 0.15) is 11.7 Å². The zero-order valence-corrected chi connectivity index (χ0v) is 6.21. The minimum absolute atomic E-state index is 0.438. The van der Waals surface area contributed by atoms with Gasteiger partial charge in [-0.3, -0.25) is 0 Å². The van der Waals surface area contributed by atoms with Crippen LogP contribution in [0.2, 0.25) is 0 Å². The molecule has 0 unspecified atom stereocenters. The number of allylic oxidation sites excluding steroid dienone is 4. The van der Waals surface area contributed by atoms with Crippen molar-refractivity contribution >= 4 is 6.21 Å². The van der Waals surface area contributed by atoms with Crippen molar-refractivity contribution in [2.75, 3.05) is 0 Å². The van der Waals surface area contributed by atoms with E-state index < -0.39 is 23.1 Å². The SMILES string of the molecule is CC(F)=C(F)C(C=N)=C(C)F. The molecular weight excluding hydrogens is 155 g/mol. The van der Waals surface area contributed by atoms with Crippen LogP contribution in [0.4, 0.5) is 13.2 Å². The van der Waals surface area contributed by atoms with Crippen molar-refractivity contribution < 1.29 is 13.2 Å². The van der Waals surface area contributed by atoms with Crippen LogP contribution < -0.4 is 0 Å². The minimum atomic E-state index is -1.32. The van der Waals surface area contributed by atoms with E-state index in [4.69, 9.17) is 5.41 Å². The number of nitrogens with one attached hydrogen (secondary N) is 1. The molecule has 1 N–H and O–H groups in total. The number of halogens is 3. The Morgan fingerprint density at radius 2 is 1.55 bits per heavy atom. The predicted molar refractivity (Wildman–Crippen MR) is 37.5 cm³/mol. The molecule has 0 heterocycles. The van der Waals surface area contributed by atoms with Crippen molar-refractivity contribution in [2.24, 2.45) is 0 Å². The second-order valence-electron chi connectivity index (χ2n) is 1.94. The van der Waals surface area contributed by atoms with Gasteiger partial charge in [0.15, 0.2) is 5.83 Å². The summed E-state index contributed by atoms with van der Waals surface area (Å²) in [6.07, 6.45) is 0.438. The fourth-order valence-electron chi connectivity index (χ4n) is 0.500. The minimum Gasteiger partial charge on any atom is -0.308 e. The van der Waals surface area contributed by atoms with Gasteiger partial charge < -0.3 is 5.41 Å². The maximum absolute atomic E-state index is 12.5. The fourth-order valence-corrected chi connectivity index (χ4v) is 0.500. The Bertz CT molecular complexity index is 220. The van der Waals surface area contributed by atoms with Crippen LogP contribution in [-0.4, -0.2) is 6.21 Å². The first-order valence-corrected chi connectivity index (χ1v) is 2.89. The molecule has 0 aromatic heterocycles. The molecule has 0 saturated carbocycles. The average Bonchev–Trinajstić information content (AvgIpc) is 1.88. The molecule has 0 bridgehead atoms. The summed E-state index contributed by atoms with van der Waals surface area (Å²) in [5.41, 5.74) is -0.648. The van der Waals surface area contributed by atoms with Gasteiger partial charge in [0, 0.05) is 6.21 Å². The van der Waals surface area contributed by atoms with Crippen LogP contribution >= 0.6 is 0 Å². The quantitative estimate of drug-likeness (QED) is 0.478. The van der Waals surface area contributed by atoms with Gasteiger partial charge in [-0.15, -0.1) is 0 Å². The summed E-state index contributed by atoms with van der Waals surface area (Å²) >= 11 is 0. The van der Waals surface area contributed by atoms with Crippen molar-refractivity contribution in [3.63, 3.8) is 0 Å². The summed E-state index contributed by atoms with van der Waals surface area (Å²) in [6, 6.07) is 0. The summed E-state index contributed by atoms with van der Waals surface area (Å²) < 4.78 is 36.9. The number of hydrogen-bond donors (Lipinski definition) is 1. The molecule has 11 heavy (non-hydrogen) atoms. The molecule has 0 spiro atoms. The summed E-state index contributed by atoms with van der Waals surface area (Å²) in [7, 11) is 0. The average molecular weight is 163 g/mol. The van der Waals surface area contributed by atoms with Crippen molar-refractivity contribution in [3.8, 4) is 0 Å². The zero-order chi connectivity index (χ0) is 9.02. The van der Waals surface area contributed by atoms with Gasteiger partial charge in [-0.1, -0.05) is 0 Å². The standard InChI is InChI=1S/C7H8F3N/c1-4(8)6(3-11)7(10)5(2)9/h3,11H,1-2H3. The maximum Gasteiger partial charge on any atom is 0.165 e. The largest absolute Gasteiger partial charge is 0.308 e. The molecular formula is C7H8F3N. The highest BCUT2D eigenvalue weighted by Crippen LogP contribution is 2.19. The van der Waals surface area contributed by atoms with E-state index in [1.807, 2.05) is 0 Å². The van der Waals surface area contributed by atoms with Crippen LogP contribution in [0.1, 0.15) is 13.8 Å². The molecule has 0 amide bonds. The summed E-state index contributed by atoms with van der Waals surface area (Å²) in [4.78, 5) is 0. The molecule has 0 aliphatic carbocycles. The van der Waals surface area contributed by atoms with E-state index in [0.29, 0.717) is 6.21 Å². The number of rotatable bonds is 2. The lowest BCUT2D eigenvalue weighted by Gasteiger charge is -1.96. The first-order valence-electron chi connectivity index (χ1n) is 2.89. The van der Waals surface area contributed by atoms with Crippen molar-refractivity contribution in [1.29, 1.82) is 5.41 Å². The van der Waals surface area contributed by atoms with E-state index in [0.717, 1.165) is 13.8 Å². The topological polar surface area (TPSA) is 23.9 Å². The van der Waals surface area contributed by atoms with Crippen LogP contribution in [0.5, 0.6) is 0 Å². The smallest absolute Gasteiger partial charge is 0.165 e. The summed E-state index contributed by atoms with van der Waals surface area (Å²) in [5.74, 6) is -3.35. The van der Waals surface area contributed by atoms with E-state index in [1.165, 1.54) is 0 Å². The van der Waals surface area contributed by atoms with Crippen LogP contribution in [0, 0.1) is 5.41 Å². The lowest BCUT2D eigenvalue weighted by molar-refractivity contribution is 0.541. The Balaban J connectivity index is 4.99. The molecule has 0 atom stereocenters. The Hall–Kier alpha value is -1.06. The van der Waals surface area contributed by atoms with Crippen LogP contribution in [0.3, 0.4) is 0 Å². The Labute approximate surface area is 62.7 Å².